The van der Waals surface area contributed by atoms with Crippen molar-refractivity contribution < 1.29 is 0 Å². The van der Waals surface area contributed by atoms with Gasteiger partial charge in [-0.05, 0) is 115 Å². The first-order valence-electron chi connectivity index (χ1n) is 23.4. The molecule has 4 aromatic heterocycles. The number of hydrogen-bond acceptors (Lipinski definition) is 2. The quantitative estimate of drug-likeness (QED) is 0.162. The van der Waals surface area contributed by atoms with E-state index in [4.69, 9.17) is 9.97 Å². The van der Waals surface area contributed by atoms with Crippen molar-refractivity contribution >= 4 is 76.7 Å². The van der Waals surface area contributed by atoms with Crippen LogP contribution in [0.5, 0.6) is 0 Å². The minimum absolute atomic E-state index is 0.213. The fraction of sp³-hybridized carbons (Fsp3) is 0.0476. The molecule has 13 aromatic rings. The minimum Gasteiger partial charge on any atom is -0.292 e. The summed E-state index contributed by atoms with van der Waals surface area (Å²) < 4.78 is 4.69. The Kier molecular flexibility index (Phi) is 6.83. The van der Waals surface area contributed by atoms with Crippen molar-refractivity contribution in [2.45, 2.75) is 11.3 Å². The highest BCUT2D eigenvalue weighted by Crippen LogP contribution is 2.66. The molecule has 67 heavy (non-hydrogen) atoms. The predicted molar refractivity (Wildman–Crippen MR) is 276 cm³/mol. The third-order valence-electron chi connectivity index (χ3n) is 15.7. The number of hydrogen-bond donors (Lipinski definition) is 0. The van der Waals surface area contributed by atoms with Gasteiger partial charge in [-0.2, -0.15) is 0 Å². The number of aromatic nitrogens is 4. The van der Waals surface area contributed by atoms with Crippen LogP contribution in [0.2, 0.25) is 0 Å². The van der Waals surface area contributed by atoms with Crippen LogP contribution in [-0.4, -0.2) is 18.8 Å². The number of benzene rings is 9. The van der Waals surface area contributed by atoms with Gasteiger partial charge in [0.05, 0.1) is 38.5 Å². The number of para-hydroxylation sites is 2. The maximum atomic E-state index is 5.38. The minimum atomic E-state index is -0.394. The van der Waals surface area contributed by atoms with Crippen LogP contribution in [0.15, 0.2) is 218 Å². The molecule has 0 radical (unpaired) electrons. The number of rotatable bonds is 2. The molecule has 4 heteroatoms. The molecule has 1 spiro atoms. The highest BCUT2D eigenvalue weighted by atomic mass is 15.0. The van der Waals surface area contributed by atoms with E-state index in [-0.39, 0.29) is 11.8 Å². The van der Waals surface area contributed by atoms with E-state index in [9.17, 15) is 0 Å². The van der Waals surface area contributed by atoms with E-state index in [1.54, 1.807) is 0 Å². The molecule has 3 unspecified atom stereocenters. The van der Waals surface area contributed by atoms with E-state index in [1.807, 2.05) is 0 Å². The second kappa shape index (κ2) is 12.8. The Bertz CT molecular complexity index is 4430. The van der Waals surface area contributed by atoms with Gasteiger partial charge < -0.3 is 0 Å². The zero-order valence-electron chi connectivity index (χ0n) is 36.2. The van der Waals surface area contributed by atoms with Crippen LogP contribution in [0.4, 0.5) is 0 Å². The van der Waals surface area contributed by atoms with Gasteiger partial charge in [-0.1, -0.05) is 170 Å². The highest BCUT2D eigenvalue weighted by molar-refractivity contribution is 6.15. The molecular formula is C63H38N4. The summed E-state index contributed by atoms with van der Waals surface area (Å²) >= 11 is 0. The molecule has 0 saturated carbocycles. The summed E-state index contributed by atoms with van der Waals surface area (Å²) in [5, 5.41) is 7.27. The summed E-state index contributed by atoms with van der Waals surface area (Å²) in [5.41, 5.74) is 21.1. The Labute approximate surface area is 385 Å². The van der Waals surface area contributed by atoms with Crippen LogP contribution in [0, 0.1) is 5.92 Å². The lowest BCUT2D eigenvalue weighted by Crippen LogP contribution is -2.33. The topological polar surface area (TPSA) is 34.6 Å². The van der Waals surface area contributed by atoms with Gasteiger partial charge in [-0.15, -0.1) is 0 Å². The van der Waals surface area contributed by atoms with Crippen LogP contribution in [0.1, 0.15) is 28.2 Å². The van der Waals surface area contributed by atoms with E-state index < -0.39 is 5.41 Å². The SMILES string of the molecule is C1=CC2c3ccc(-c4ccc5c(c4)nc4c6ccccc6c6ccccc6n54)cc3C3(c4ccccc4-c4ccc(-c5ccc6c(c5)nc5c7ccccc7c7ccccc7n65)cc43)C2C=C1. The van der Waals surface area contributed by atoms with Gasteiger partial charge in [0.15, 0.2) is 0 Å². The summed E-state index contributed by atoms with van der Waals surface area (Å²) in [6.07, 6.45) is 9.44. The van der Waals surface area contributed by atoms with Gasteiger partial charge in [0, 0.05) is 33.4 Å². The van der Waals surface area contributed by atoms with Crippen molar-refractivity contribution in [3.8, 4) is 33.4 Å². The molecule has 0 aliphatic heterocycles. The molecule has 4 nitrogen and oxygen atoms in total. The van der Waals surface area contributed by atoms with Gasteiger partial charge in [-0.25, -0.2) is 9.97 Å². The van der Waals surface area contributed by atoms with E-state index in [0.717, 1.165) is 33.4 Å². The zero-order chi connectivity index (χ0) is 43.5. The first-order valence-corrected chi connectivity index (χ1v) is 23.4. The highest BCUT2D eigenvalue weighted by Gasteiger charge is 2.57. The average Bonchev–Trinajstić information content (AvgIpc) is 4.14. The molecular weight excluding hydrogens is 813 g/mol. The standard InChI is InChI=1S/C63H38N4/c1-3-19-49-41(13-1)47-17-7-11-23-57(47)66-59-31-27-39(35-55(59)64-61(49)66)37-25-29-45-43-15-5-9-21-51(43)63(53(45)33-37)52-22-10-6-16-44(52)46-30-26-38(34-54(46)63)40-28-32-60-56(36-40)65-62-50-20-4-2-14-42(50)48-18-8-12-24-58(48)67(60)62/h1-36,43,51H. The van der Waals surface area contributed by atoms with E-state index in [0.29, 0.717) is 0 Å². The Morgan fingerprint density at radius 1 is 0.358 bits per heavy atom. The normalized spacial score (nSPS) is 18.1. The summed E-state index contributed by atoms with van der Waals surface area (Å²) in [6.45, 7) is 0. The van der Waals surface area contributed by atoms with Crippen LogP contribution < -0.4 is 0 Å². The molecule has 0 bridgehead atoms. The fourth-order valence-electron chi connectivity index (χ4n) is 13.0. The molecule has 0 N–H and O–H groups in total. The van der Waals surface area contributed by atoms with Crippen molar-refractivity contribution in [3.63, 3.8) is 0 Å². The Morgan fingerprint density at radius 2 is 0.836 bits per heavy atom. The number of pyridine rings is 2. The van der Waals surface area contributed by atoms with Gasteiger partial charge in [0.2, 0.25) is 0 Å². The fourth-order valence-corrected chi connectivity index (χ4v) is 13.0. The molecule has 310 valence electrons. The first-order chi connectivity index (χ1) is 33.2. The van der Waals surface area contributed by atoms with E-state index >= 15 is 0 Å². The molecule has 0 amide bonds. The Hall–Kier alpha value is -8.60. The first kappa shape index (κ1) is 35.7. The lowest BCUT2D eigenvalue weighted by atomic mass is 9.65. The third kappa shape index (κ3) is 4.52. The zero-order valence-corrected chi connectivity index (χ0v) is 36.2. The summed E-state index contributed by atoms with van der Waals surface area (Å²) in [7, 11) is 0. The maximum absolute atomic E-state index is 5.38. The summed E-state index contributed by atoms with van der Waals surface area (Å²) in [4.78, 5) is 10.8. The van der Waals surface area contributed by atoms with Crippen LogP contribution in [-0.2, 0) is 5.41 Å². The van der Waals surface area contributed by atoms with Crippen LogP contribution >= 0.6 is 0 Å². The van der Waals surface area contributed by atoms with Crippen LogP contribution in [0.3, 0.4) is 0 Å². The maximum Gasteiger partial charge on any atom is 0.146 e. The van der Waals surface area contributed by atoms with Crippen molar-refractivity contribution in [3.05, 3.63) is 241 Å². The third-order valence-corrected chi connectivity index (χ3v) is 15.7. The molecule has 3 aliphatic carbocycles. The predicted octanol–water partition coefficient (Wildman–Crippen LogP) is 15.4. The second-order valence-electron chi connectivity index (χ2n) is 18.8. The summed E-state index contributed by atoms with van der Waals surface area (Å²) in [5.74, 6) is 0.462. The lowest BCUT2D eigenvalue weighted by molar-refractivity contribution is 0.466. The lowest BCUT2D eigenvalue weighted by Gasteiger charge is -2.36. The van der Waals surface area contributed by atoms with Gasteiger partial charge in [0.25, 0.3) is 0 Å². The summed E-state index contributed by atoms with van der Waals surface area (Å²) in [6, 6.07) is 72.2. The smallest absolute Gasteiger partial charge is 0.146 e. The van der Waals surface area contributed by atoms with Crippen molar-refractivity contribution in [1.29, 1.82) is 0 Å². The molecule has 16 rings (SSSR count). The monoisotopic (exact) mass is 850 g/mol. The number of fused-ring (bicyclic) bond motifs is 26. The second-order valence-corrected chi connectivity index (χ2v) is 18.8. The van der Waals surface area contributed by atoms with Crippen LogP contribution in [0.25, 0.3) is 110 Å². The largest absolute Gasteiger partial charge is 0.292 e. The van der Waals surface area contributed by atoms with E-state index in [1.165, 1.54) is 99.0 Å². The molecule has 4 heterocycles. The number of imidazole rings is 2. The van der Waals surface area contributed by atoms with Gasteiger partial charge in [0.1, 0.15) is 11.3 Å². The molecule has 0 saturated heterocycles. The molecule has 3 aliphatic rings. The van der Waals surface area contributed by atoms with Crippen molar-refractivity contribution in [2.75, 3.05) is 0 Å². The Morgan fingerprint density at radius 3 is 1.48 bits per heavy atom. The number of allylic oxidation sites excluding steroid dienone is 4. The Balaban J connectivity index is 0.894. The van der Waals surface area contributed by atoms with E-state index in [2.05, 4.69) is 227 Å². The van der Waals surface area contributed by atoms with Gasteiger partial charge in [-0.3, -0.25) is 8.80 Å². The average molecular weight is 851 g/mol. The van der Waals surface area contributed by atoms with Gasteiger partial charge >= 0.3 is 0 Å². The molecule has 0 fully saturated rings. The van der Waals surface area contributed by atoms with Crippen molar-refractivity contribution in [1.82, 2.24) is 18.8 Å². The molecule has 3 atom stereocenters. The number of nitrogens with zero attached hydrogens (tertiary/aromatic N) is 4. The van der Waals surface area contributed by atoms with Crippen molar-refractivity contribution in [2.24, 2.45) is 5.92 Å². The molecule has 9 aromatic carbocycles.